The third kappa shape index (κ3) is 5.84. The van der Waals surface area contributed by atoms with Crippen molar-refractivity contribution in [1.29, 1.82) is 0 Å². The van der Waals surface area contributed by atoms with Crippen LogP contribution in [0, 0.1) is 0 Å². The maximum atomic E-state index is 10.0. The predicted octanol–water partition coefficient (Wildman–Crippen LogP) is 0.142. The van der Waals surface area contributed by atoms with Gasteiger partial charge in [0.05, 0.1) is 6.61 Å². The Labute approximate surface area is 76.6 Å². The fraction of sp³-hybridized carbons (Fsp3) is 0.222. The summed E-state index contributed by atoms with van der Waals surface area (Å²) in [6.07, 6.45) is 0.736. The van der Waals surface area contributed by atoms with Crippen LogP contribution in [-0.4, -0.2) is 29.7 Å². The normalized spacial score (nSPS) is 8.46. The largest absolute Gasteiger partial charge is 0.508 e. The van der Waals surface area contributed by atoms with E-state index < -0.39 is 0 Å². The topological polar surface area (TPSA) is 83.5 Å². The van der Waals surface area contributed by atoms with Crippen LogP contribution in [0.1, 0.15) is 10.4 Å². The van der Waals surface area contributed by atoms with Crippen molar-refractivity contribution in [3.05, 3.63) is 29.8 Å². The molecule has 0 aliphatic heterocycles. The molecule has 72 valence electrons. The average Bonchev–Trinajstić information content (AvgIpc) is 2.19. The molecule has 0 bridgehead atoms. The first-order valence-electron chi connectivity index (χ1n) is 3.79. The number of carbonyl (C=O) groups excluding carboxylic acids is 1. The highest BCUT2D eigenvalue weighted by molar-refractivity contribution is 5.74. The van der Waals surface area contributed by atoms with E-state index in [1.54, 1.807) is 12.1 Å². The minimum Gasteiger partial charge on any atom is -0.508 e. The number of aliphatic hydroxyl groups is 1. The van der Waals surface area contributed by atoms with Crippen LogP contribution in [0.3, 0.4) is 0 Å². The lowest BCUT2D eigenvalue weighted by atomic mass is 10.2. The summed E-state index contributed by atoms with van der Waals surface area (Å²) in [4.78, 5) is 10.0. The molecule has 0 fully saturated rings. The van der Waals surface area contributed by atoms with E-state index in [0.29, 0.717) is 12.1 Å². The molecule has 0 heterocycles. The van der Waals surface area contributed by atoms with Gasteiger partial charge in [0, 0.05) is 12.1 Å². The Morgan fingerprint density at radius 2 is 1.77 bits per heavy atom. The standard InChI is InChI=1S/C7H6O2.C2H7NO/c8-5-6-1-3-7(9)4-2-6;3-1-2-4/h1-5,9H;4H,1-3H2. The lowest BCUT2D eigenvalue weighted by molar-refractivity contribution is 0.112. The predicted molar refractivity (Wildman–Crippen MR) is 49.6 cm³/mol. The van der Waals surface area contributed by atoms with Gasteiger partial charge in [-0.2, -0.15) is 0 Å². The summed E-state index contributed by atoms with van der Waals surface area (Å²) in [7, 11) is 0. The third-order valence-electron chi connectivity index (χ3n) is 1.16. The van der Waals surface area contributed by atoms with Gasteiger partial charge in [-0.15, -0.1) is 0 Å². The van der Waals surface area contributed by atoms with Crippen LogP contribution >= 0.6 is 0 Å². The number of rotatable bonds is 2. The highest BCUT2D eigenvalue weighted by Gasteiger charge is 1.86. The quantitative estimate of drug-likeness (QED) is 0.569. The summed E-state index contributed by atoms with van der Waals surface area (Å²) in [6, 6.07) is 6.07. The SMILES string of the molecule is NCCO.O=Cc1ccc(O)cc1. The van der Waals surface area contributed by atoms with Crippen LogP contribution in [0.2, 0.25) is 0 Å². The van der Waals surface area contributed by atoms with Gasteiger partial charge in [-0.3, -0.25) is 4.79 Å². The van der Waals surface area contributed by atoms with Gasteiger partial charge in [-0.05, 0) is 24.3 Å². The van der Waals surface area contributed by atoms with Crippen LogP contribution in [0.4, 0.5) is 0 Å². The smallest absolute Gasteiger partial charge is 0.150 e. The van der Waals surface area contributed by atoms with Crippen molar-refractivity contribution in [2.45, 2.75) is 0 Å². The molecule has 0 amide bonds. The fourth-order valence-electron chi connectivity index (χ4n) is 0.553. The van der Waals surface area contributed by atoms with Gasteiger partial charge >= 0.3 is 0 Å². The Kier molecular flexibility index (Phi) is 6.49. The maximum Gasteiger partial charge on any atom is 0.150 e. The van der Waals surface area contributed by atoms with Crippen molar-refractivity contribution < 1.29 is 15.0 Å². The average molecular weight is 183 g/mol. The molecule has 0 atom stereocenters. The molecule has 4 heteroatoms. The zero-order valence-electron chi connectivity index (χ0n) is 7.18. The monoisotopic (exact) mass is 183 g/mol. The summed E-state index contributed by atoms with van der Waals surface area (Å²) in [6.45, 7) is 0.472. The number of nitrogens with two attached hydrogens (primary N) is 1. The highest BCUT2D eigenvalue weighted by atomic mass is 16.3. The summed E-state index contributed by atoms with van der Waals surface area (Å²) in [5.41, 5.74) is 5.35. The van der Waals surface area contributed by atoms with Crippen molar-refractivity contribution in [3.8, 4) is 5.75 Å². The number of phenols is 1. The minimum atomic E-state index is 0.0972. The summed E-state index contributed by atoms with van der Waals surface area (Å²) >= 11 is 0. The maximum absolute atomic E-state index is 10.0. The second-order valence-corrected chi connectivity index (χ2v) is 2.22. The van der Waals surface area contributed by atoms with Crippen LogP contribution in [-0.2, 0) is 0 Å². The highest BCUT2D eigenvalue weighted by Crippen LogP contribution is 2.07. The van der Waals surface area contributed by atoms with Gasteiger partial charge in [-0.25, -0.2) is 0 Å². The van der Waals surface area contributed by atoms with Gasteiger partial charge in [0.15, 0.2) is 0 Å². The molecular weight excluding hydrogens is 170 g/mol. The van der Waals surface area contributed by atoms with Crippen molar-refractivity contribution in [2.24, 2.45) is 5.73 Å². The number of aliphatic hydroxyl groups excluding tert-OH is 1. The second kappa shape index (κ2) is 7.27. The first kappa shape index (κ1) is 11.6. The molecular formula is C9H13NO3. The Balaban J connectivity index is 0.000000310. The van der Waals surface area contributed by atoms with E-state index in [4.69, 9.17) is 15.9 Å². The number of phenolic OH excluding ortho intramolecular Hbond substituents is 1. The minimum absolute atomic E-state index is 0.0972. The van der Waals surface area contributed by atoms with Gasteiger partial charge in [0.25, 0.3) is 0 Å². The van der Waals surface area contributed by atoms with E-state index in [2.05, 4.69) is 0 Å². The number of carbonyl (C=O) groups is 1. The summed E-state index contributed by atoms with van der Waals surface area (Å²) in [5, 5.41) is 16.5. The lowest BCUT2D eigenvalue weighted by Crippen LogP contribution is -2.02. The molecule has 0 saturated carbocycles. The second-order valence-electron chi connectivity index (χ2n) is 2.22. The summed E-state index contributed by atoms with van der Waals surface area (Å²) < 4.78 is 0. The number of aldehydes is 1. The van der Waals surface area contributed by atoms with Crippen LogP contribution in [0.5, 0.6) is 5.75 Å². The van der Waals surface area contributed by atoms with Crippen molar-refractivity contribution >= 4 is 6.29 Å². The Morgan fingerprint density at radius 1 is 1.31 bits per heavy atom. The molecule has 4 N–H and O–H groups in total. The van der Waals surface area contributed by atoms with E-state index in [0.717, 1.165) is 6.29 Å². The molecule has 1 rings (SSSR count). The fourth-order valence-corrected chi connectivity index (χ4v) is 0.553. The molecule has 0 unspecified atom stereocenters. The molecule has 13 heavy (non-hydrogen) atoms. The van der Waals surface area contributed by atoms with E-state index >= 15 is 0 Å². The molecule has 1 aromatic rings. The molecule has 4 nitrogen and oxygen atoms in total. The van der Waals surface area contributed by atoms with Gasteiger partial charge in [-0.1, -0.05) is 0 Å². The third-order valence-corrected chi connectivity index (χ3v) is 1.16. The molecule has 0 spiro atoms. The van der Waals surface area contributed by atoms with Crippen molar-refractivity contribution in [3.63, 3.8) is 0 Å². The van der Waals surface area contributed by atoms with E-state index in [9.17, 15) is 4.79 Å². The van der Waals surface area contributed by atoms with Crippen LogP contribution < -0.4 is 5.73 Å². The first-order chi connectivity index (χ1) is 6.24. The Bertz CT molecular complexity index is 231. The van der Waals surface area contributed by atoms with E-state index in [1.165, 1.54) is 12.1 Å². The lowest BCUT2D eigenvalue weighted by Gasteiger charge is -1.88. The number of benzene rings is 1. The molecule has 0 saturated heterocycles. The molecule has 0 aromatic heterocycles. The molecule has 1 aromatic carbocycles. The molecule has 0 aliphatic rings. The van der Waals surface area contributed by atoms with E-state index in [1.807, 2.05) is 0 Å². The Morgan fingerprint density at radius 3 is 2.08 bits per heavy atom. The Hall–Kier alpha value is -1.39. The number of aromatic hydroxyl groups is 1. The summed E-state index contributed by atoms with van der Waals surface area (Å²) in [5.74, 6) is 0.181. The number of hydrogen-bond acceptors (Lipinski definition) is 4. The van der Waals surface area contributed by atoms with Gasteiger partial charge in [0.2, 0.25) is 0 Å². The van der Waals surface area contributed by atoms with Crippen LogP contribution in [0.15, 0.2) is 24.3 Å². The molecule has 0 aliphatic carbocycles. The zero-order valence-corrected chi connectivity index (χ0v) is 7.18. The van der Waals surface area contributed by atoms with Crippen molar-refractivity contribution in [1.82, 2.24) is 0 Å². The van der Waals surface area contributed by atoms with Crippen LogP contribution in [0.25, 0.3) is 0 Å². The zero-order chi connectivity index (χ0) is 10.1. The van der Waals surface area contributed by atoms with Gasteiger partial charge in [0.1, 0.15) is 12.0 Å². The van der Waals surface area contributed by atoms with Gasteiger partial charge < -0.3 is 15.9 Å². The van der Waals surface area contributed by atoms with Crippen molar-refractivity contribution in [2.75, 3.05) is 13.2 Å². The molecule has 0 radical (unpaired) electrons. The number of hydrogen-bond donors (Lipinski definition) is 3. The van der Waals surface area contributed by atoms with E-state index in [-0.39, 0.29) is 12.4 Å². The first-order valence-corrected chi connectivity index (χ1v) is 3.79.